The number of hydrogen-bond donors (Lipinski definition) is 1. The Balaban J connectivity index is 4.28. The highest BCUT2D eigenvalue weighted by Gasteiger charge is 2.11. The zero-order chi connectivity index (χ0) is 13.7. The topological polar surface area (TPSA) is 70.0 Å². The Morgan fingerprint density at radius 3 is 2.12 bits per heavy atom. The highest BCUT2D eigenvalue weighted by atomic mass is 32.2. The number of amidine groups is 1. The van der Waals surface area contributed by atoms with Crippen molar-refractivity contribution in [2.45, 2.75) is 46.5 Å². The lowest BCUT2D eigenvalue weighted by molar-refractivity contribution is 0.361. The van der Waals surface area contributed by atoms with E-state index in [0.29, 0.717) is 17.7 Å². The van der Waals surface area contributed by atoms with E-state index in [-0.39, 0.29) is 0 Å². The zero-order valence-electron chi connectivity index (χ0n) is 11.4. The molecule has 0 aliphatic heterocycles. The van der Waals surface area contributed by atoms with Crippen LogP contribution in [0, 0.1) is 5.41 Å². The molecule has 0 unspecified atom stereocenters. The number of unbranched alkanes of at least 4 members (excludes halogenated alkanes) is 1. The van der Waals surface area contributed by atoms with Crippen LogP contribution in [0.1, 0.15) is 46.5 Å². The highest BCUT2D eigenvalue weighted by molar-refractivity contribution is 7.84. The lowest BCUT2D eigenvalue weighted by Gasteiger charge is -2.19. The average Bonchev–Trinajstić information content (AvgIpc) is 2.06. The molecule has 0 aromatic carbocycles. The van der Waals surface area contributed by atoms with Gasteiger partial charge in [-0.25, -0.2) is 0 Å². The second-order valence-electron chi connectivity index (χ2n) is 5.62. The summed E-state index contributed by atoms with van der Waals surface area (Å²) in [5.74, 6) is 0.390. The predicted octanol–water partition coefficient (Wildman–Crippen LogP) is 2.36. The maximum Gasteiger partial charge on any atom is 0.380 e. The third-order valence-electron chi connectivity index (χ3n) is 2.31. The molecule has 0 aromatic rings. The van der Waals surface area contributed by atoms with Gasteiger partial charge in [-0.2, -0.15) is 8.42 Å². The summed E-state index contributed by atoms with van der Waals surface area (Å²) in [4.78, 5) is 1.62. The number of rotatable bonds is 5. The first-order valence-corrected chi connectivity index (χ1v) is 7.14. The Bertz CT molecular complexity index is 353. The van der Waals surface area contributed by atoms with Crippen LogP contribution in [0.5, 0.6) is 0 Å². The zero-order valence-corrected chi connectivity index (χ0v) is 12.2. The Morgan fingerprint density at radius 1 is 1.24 bits per heavy atom. The molecule has 0 atom stereocenters. The number of hydrogen-bond acceptors (Lipinski definition) is 2. The fourth-order valence-corrected chi connectivity index (χ4v) is 1.94. The number of nitrogens with zero attached hydrogens (tertiary/aromatic N) is 2. The van der Waals surface area contributed by atoms with Crippen molar-refractivity contribution >= 4 is 16.1 Å². The van der Waals surface area contributed by atoms with E-state index in [2.05, 4.69) is 25.2 Å². The minimum atomic E-state index is -4.29. The lowest BCUT2D eigenvalue weighted by atomic mass is 9.89. The van der Waals surface area contributed by atoms with E-state index in [4.69, 9.17) is 4.55 Å². The van der Waals surface area contributed by atoms with E-state index >= 15 is 0 Å². The van der Waals surface area contributed by atoms with Crippen LogP contribution in [-0.4, -0.2) is 37.8 Å². The van der Waals surface area contributed by atoms with Crippen molar-refractivity contribution in [2.24, 2.45) is 9.81 Å². The van der Waals surface area contributed by atoms with Gasteiger partial charge in [0, 0.05) is 20.5 Å². The summed E-state index contributed by atoms with van der Waals surface area (Å²) in [6.45, 7) is 6.52. The standard InChI is InChI=1S/C11H24N2O3S/c1-11(2,3)9-7-6-8-10(13(4)5)12-17(14,15)16/h6-9H2,1-5H3,(H,14,15,16). The molecule has 0 radical (unpaired) electrons. The molecule has 6 heteroatoms. The summed E-state index contributed by atoms with van der Waals surface area (Å²) in [5.41, 5.74) is 0.290. The smallest absolute Gasteiger partial charge is 0.365 e. The van der Waals surface area contributed by atoms with Crippen LogP contribution >= 0.6 is 0 Å². The van der Waals surface area contributed by atoms with Crippen molar-refractivity contribution in [1.29, 1.82) is 0 Å². The first kappa shape index (κ1) is 16.4. The maximum absolute atomic E-state index is 10.7. The van der Waals surface area contributed by atoms with Gasteiger partial charge in [0.15, 0.2) is 0 Å². The van der Waals surface area contributed by atoms with Crippen LogP contribution in [0.2, 0.25) is 0 Å². The molecule has 0 spiro atoms. The third-order valence-corrected chi connectivity index (χ3v) is 2.76. The van der Waals surface area contributed by atoms with Gasteiger partial charge in [-0.1, -0.05) is 27.2 Å². The van der Waals surface area contributed by atoms with Crippen LogP contribution in [0.4, 0.5) is 0 Å². The quantitative estimate of drug-likeness (QED) is 0.358. The summed E-state index contributed by atoms with van der Waals surface area (Å²) in [5, 5.41) is 0. The molecule has 102 valence electrons. The molecule has 1 N–H and O–H groups in total. The van der Waals surface area contributed by atoms with Crippen LogP contribution < -0.4 is 0 Å². The van der Waals surface area contributed by atoms with Crippen LogP contribution in [-0.2, 0) is 10.3 Å². The summed E-state index contributed by atoms with van der Waals surface area (Å²) in [7, 11) is -0.856. The Hall–Kier alpha value is -0.620. The second kappa shape index (κ2) is 6.35. The minimum Gasteiger partial charge on any atom is -0.365 e. The fourth-order valence-electron chi connectivity index (χ4n) is 1.42. The third kappa shape index (κ3) is 10.3. The van der Waals surface area contributed by atoms with Crippen molar-refractivity contribution in [3.63, 3.8) is 0 Å². The van der Waals surface area contributed by atoms with Crippen LogP contribution in [0.3, 0.4) is 0 Å². The van der Waals surface area contributed by atoms with Gasteiger partial charge in [-0.3, -0.25) is 4.55 Å². The van der Waals surface area contributed by atoms with Crippen molar-refractivity contribution < 1.29 is 13.0 Å². The summed E-state index contributed by atoms with van der Waals surface area (Å²) >= 11 is 0. The van der Waals surface area contributed by atoms with Gasteiger partial charge in [-0.05, 0) is 18.3 Å². The van der Waals surface area contributed by atoms with E-state index in [1.54, 1.807) is 19.0 Å². The Morgan fingerprint density at radius 2 is 1.76 bits per heavy atom. The minimum absolute atomic E-state index is 0.290. The van der Waals surface area contributed by atoms with E-state index in [0.717, 1.165) is 19.3 Å². The van der Waals surface area contributed by atoms with Gasteiger partial charge in [-0.15, -0.1) is 4.40 Å². The first-order valence-electron chi connectivity index (χ1n) is 5.75. The molecule has 0 heterocycles. The molecule has 0 fully saturated rings. The van der Waals surface area contributed by atoms with Gasteiger partial charge < -0.3 is 4.90 Å². The molecular formula is C11H24N2O3S. The van der Waals surface area contributed by atoms with Gasteiger partial charge in [0.2, 0.25) is 0 Å². The average molecular weight is 264 g/mol. The molecule has 0 saturated heterocycles. The van der Waals surface area contributed by atoms with E-state index in [9.17, 15) is 8.42 Å². The maximum atomic E-state index is 10.7. The van der Waals surface area contributed by atoms with Crippen LogP contribution in [0.15, 0.2) is 4.40 Å². The van der Waals surface area contributed by atoms with Crippen molar-refractivity contribution in [3.8, 4) is 0 Å². The Labute approximate surface area is 105 Å². The monoisotopic (exact) mass is 264 g/mol. The molecule has 0 amide bonds. The predicted molar refractivity (Wildman–Crippen MR) is 70.6 cm³/mol. The van der Waals surface area contributed by atoms with Crippen molar-refractivity contribution in [2.75, 3.05) is 14.1 Å². The van der Waals surface area contributed by atoms with Gasteiger partial charge in [0.05, 0.1) is 0 Å². The van der Waals surface area contributed by atoms with Crippen LogP contribution in [0.25, 0.3) is 0 Å². The molecule has 0 saturated carbocycles. The van der Waals surface area contributed by atoms with Gasteiger partial charge in [0.25, 0.3) is 0 Å². The second-order valence-corrected chi connectivity index (χ2v) is 6.70. The lowest BCUT2D eigenvalue weighted by Crippen LogP contribution is -2.23. The van der Waals surface area contributed by atoms with Crippen molar-refractivity contribution in [1.82, 2.24) is 4.90 Å². The normalized spacial score (nSPS) is 13.9. The molecule has 0 rings (SSSR count). The largest absolute Gasteiger partial charge is 0.380 e. The first-order chi connectivity index (χ1) is 7.51. The SMILES string of the molecule is CN(C)C(CCCCC(C)(C)C)=NS(=O)(=O)O. The molecular weight excluding hydrogens is 240 g/mol. The van der Waals surface area contributed by atoms with Gasteiger partial charge >= 0.3 is 10.3 Å². The molecule has 0 bridgehead atoms. The fraction of sp³-hybridized carbons (Fsp3) is 0.909. The molecule has 17 heavy (non-hydrogen) atoms. The molecule has 0 aliphatic carbocycles. The summed E-state index contributed by atoms with van der Waals surface area (Å²) in [6.07, 6.45) is 3.52. The van der Waals surface area contributed by atoms with E-state index in [1.165, 1.54) is 0 Å². The highest BCUT2D eigenvalue weighted by Crippen LogP contribution is 2.22. The van der Waals surface area contributed by atoms with Crippen molar-refractivity contribution in [3.05, 3.63) is 0 Å². The van der Waals surface area contributed by atoms with E-state index < -0.39 is 10.3 Å². The Kier molecular flexibility index (Phi) is 6.12. The molecule has 5 nitrogen and oxygen atoms in total. The molecule has 0 aliphatic rings. The summed E-state index contributed by atoms with van der Waals surface area (Å²) in [6, 6.07) is 0. The summed E-state index contributed by atoms with van der Waals surface area (Å²) < 4.78 is 33.4. The molecule has 0 aromatic heterocycles. The van der Waals surface area contributed by atoms with Gasteiger partial charge in [0.1, 0.15) is 5.84 Å². The van der Waals surface area contributed by atoms with E-state index in [1.807, 2.05) is 0 Å².